The second kappa shape index (κ2) is 11.4. The number of aliphatic carboxylic acids is 2. The number of rotatable bonds is 11. The van der Waals surface area contributed by atoms with Crippen LogP contribution in [0.5, 0.6) is 5.75 Å². The van der Waals surface area contributed by atoms with Crippen LogP contribution in [0.4, 0.5) is 0 Å². The molecule has 8 N–H and O–H groups in total. The molecule has 0 aliphatic heterocycles. The molecular weight excluding hydrogens is 400 g/mol. The molecule has 0 aliphatic rings. The van der Waals surface area contributed by atoms with E-state index in [-0.39, 0.29) is 12.2 Å². The van der Waals surface area contributed by atoms with Gasteiger partial charge in [-0.3, -0.25) is 24.0 Å². The van der Waals surface area contributed by atoms with E-state index in [1.54, 1.807) is 0 Å². The molecule has 0 aromatic heterocycles. The number of benzene rings is 1. The summed E-state index contributed by atoms with van der Waals surface area (Å²) in [6, 6.07) is 1.69. The van der Waals surface area contributed by atoms with Crippen molar-refractivity contribution in [2.24, 2.45) is 5.73 Å². The Morgan fingerprint density at radius 2 is 1.50 bits per heavy atom. The van der Waals surface area contributed by atoms with Gasteiger partial charge in [0, 0.05) is 6.42 Å². The quantitative estimate of drug-likeness (QED) is 0.208. The molecule has 0 radical (unpaired) electrons. The van der Waals surface area contributed by atoms with Gasteiger partial charge in [0.15, 0.2) is 0 Å². The molecule has 1 rings (SSSR count). The number of nitrogens with two attached hydrogens (primary N) is 1. The van der Waals surface area contributed by atoms with Gasteiger partial charge in [-0.2, -0.15) is 0 Å². The Bertz CT molecular complexity index is 796. The molecule has 0 spiro atoms. The first-order valence-corrected chi connectivity index (χ1v) is 8.86. The topological polar surface area (TPSA) is 208 Å². The van der Waals surface area contributed by atoms with Crippen LogP contribution in [0.1, 0.15) is 18.9 Å². The van der Waals surface area contributed by atoms with Crippen LogP contribution < -0.4 is 21.7 Å². The monoisotopic (exact) mass is 424 g/mol. The number of carboxylic acids is 2. The molecule has 0 saturated carbocycles. The summed E-state index contributed by atoms with van der Waals surface area (Å²) >= 11 is 0. The fraction of sp³-hybridized carbons (Fsp3) is 0.389. The van der Waals surface area contributed by atoms with Crippen molar-refractivity contribution >= 4 is 29.7 Å². The maximum Gasteiger partial charge on any atom is 0.325 e. The highest BCUT2D eigenvalue weighted by atomic mass is 16.4. The lowest BCUT2D eigenvalue weighted by Crippen LogP contribution is -2.56. The number of carboxylic acid groups (broad SMARTS) is 2. The number of hydrogen-bond donors (Lipinski definition) is 7. The minimum atomic E-state index is -1.49. The number of amides is 3. The van der Waals surface area contributed by atoms with Gasteiger partial charge in [0.25, 0.3) is 0 Å². The largest absolute Gasteiger partial charge is 0.508 e. The summed E-state index contributed by atoms with van der Waals surface area (Å²) in [5.41, 5.74) is 5.69. The van der Waals surface area contributed by atoms with Gasteiger partial charge < -0.3 is 37.0 Å². The van der Waals surface area contributed by atoms with E-state index in [1.807, 2.05) is 0 Å². The van der Waals surface area contributed by atoms with Crippen LogP contribution in [0, 0.1) is 0 Å². The minimum absolute atomic E-state index is 0.0192. The van der Waals surface area contributed by atoms with Gasteiger partial charge in [0.05, 0.1) is 13.0 Å². The summed E-state index contributed by atoms with van der Waals surface area (Å²) in [4.78, 5) is 58.6. The molecule has 0 heterocycles. The van der Waals surface area contributed by atoms with E-state index in [0.717, 1.165) is 0 Å². The van der Waals surface area contributed by atoms with Crippen molar-refractivity contribution in [1.82, 2.24) is 16.0 Å². The lowest BCUT2D eigenvalue weighted by atomic mass is 10.0. The normalized spacial score (nSPS) is 13.4. The third-order valence-electron chi connectivity index (χ3n) is 3.95. The Balaban J connectivity index is 3.05. The van der Waals surface area contributed by atoms with E-state index in [2.05, 4.69) is 16.0 Å². The summed E-state index contributed by atoms with van der Waals surface area (Å²) < 4.78 is 0. The Kier molecular flexibility index (Phi) is 9.23. The fourth-order valence-electron chi connectivity index (χ4n) is 2.36. The SMILES string of the molecule is CC(NC(=O)C(Cc1ccc(O)cc1)NC(=O)C(CC(=O)O)NC(=O)CN)C(=O)O. The molecular formula is C18H24N4O8. The van der Waals surface area contributed by atoms with E-state index in [9.17, 15) is 29.1 Å². The third-order valence-corrected chi connectivity index (χ3v) is 3.95. The minimum Gasteiger partial charge on any atom is -0.508 e. The van der Waals surface area contributed by atoms with Crippen molar-refractivity contribution < 1.29 is 39.3 Å². The van der Waals surface area contributed by atoms with Crippen molar-refractivity contribution in [2.45, 2.75) is 37.9 Å². The molecule has 0 fully saturated rings. The molecule has 1 aromatic rings. The number of phenolic OH excluding ortho intramolecular Hbond substituents is 1. The van der Waals surface area contributed by atoms with Crippen LogP contribution in [0.25, 0.3) is 0 Å². The van der Waals surface area contributed by atoms with Crippen molar-refractivity contribution in [2.75, 3.05) is 6.54 Å². The number of aromatic hydroxyl groups is 1. The lowest BCUT2D eigenvalue weighted by Gasteiger charge is -2.23. The zero-order chi connectivity index (χ0) is 22.8. The molecule has 3 amide bonds. The molecule has 1 aromatic carbocycles. The van der Waals surface area contributed by atoms with Gasteiger partial charge in [-0.25, -0.2) is 0 Å². The van der Waals surface area contributed by atoms with Crippen molar-refractivity contribution in [3.63, 3.8) is 0 Å². The second-order valence-corrected chi connectivity index (χ2v) is 6.42. The van der Waals surface area contributed by atoms with Gasteiger partial charge in [0.2, 0.25) is 17.7 Å². The van der Waals surface area contributed by atoms with Crippen LogP contribution in [-0.2, 0) is 30.4 Å². The van der Waals surface area contributed by atoms with Gasteiger partial charge in [0.1, 0.15) is 23.9 Å². The Hall–Kier alpha value is -3.67. The average molecular weight is 424 g/mol. The zero-order valence-electron chi connectivity index (χ0n) is 16.1. The van der Waals surface area contributed by atoms with Crippen molar-refractivity contribution in [3.05, 3.63) is 29.8 Å². The highest BCUT2D eigenvalue weighted by Gasteiger charge is 2.29. The summed E-state index contributed by atoms with van der Waals surface area (Å²) in [7, 11) is 0. The zero-order valence-corrected chi connectivity index (χ0v) is 16.1. The van der Waals surface area contributed by atoms with E-state index >= 15 is 0 Å². The van der Waals surface area contributed by atoms with E-state index in [4.69, 9.17) is 15.9 Å². The van der Waals surface area contributed by atoms with E-state index in [0.29, 0.717) is 5.56 Å². The van der Waals surface area contributed by atoms with Crippen LogP contribution in [0.15, 0.2) is 24.3 Å². The summed E-state index contributed by atoms with van der Waals surface area (Å²) in [5.74, 6) is -5.24. The van der Waals surface area contributed by atoms with Gasteiger partial charge in [-0.05, 0) is 24.6 Å². The van der Waals surface area contributed by atoms with Gasteiger partial charge in [-0.1, -0.05) is 12.1 Å². The first-order chi connectivity index (χ1) is 14.0. The number of nitrogens with one attached hydrogen (secondary N) is 3. The van der Waals surface area contributed by atoms with Crippen LogP contribution >= 0.6 is 0 Å². The smallest absolute Gasteiger partial charge is 0.325 e. The average Bonchev–Trinajstić information content (AvgIpc) is 2.67. The van der Waals surface area contributed by atoms with E-state index < -0.39 is 60.8 Å². The molecule has 30 heavy (non-hydrogen) atoms. The van der Waals surface area contributed by atoms with Crippen LogP contribution in [-0.4, -0.2) is 69.7 Å². The first kappa shape index (κ1) is 24.4. The third kappa shape index (κ3) is 8.14. The maximum absolute atomic E-state index is 12.5. The highest BCUT2D eigenvalue weighted by molar-refractivity contribution is 5.95. The molecule has 0 bridgehead atoms. The van der Waals surface area contributed by atoms with Crippen LogP contribution in [0.3, 0.4) is 0 Å². The number of carbonyl (C=O) groups excluding carboxylic acids is 3. The molecule has 0 aliphatic carbocycles. The predicted molar refractivity (Wildman–Crippen MR) is 102 cm³/mol. The van der Waals surface area contributed by atoms with Crippen LogP contribution in [0.2, 0.25) is 0 Å². The Morgan fingerprint density at radius 3 is 2.00 bits per heavy atom. The van der Waals surface area contributed by atoms with Crippen molar-refractivity contribution in [3.8, 4) is 5.75 Å². The lowest BCUT2D eigenvalue weighted by molar-refractivity contribution is -0.142. The number of carbonyl (C=O) groups is 5. The standard InChI is InChI=1S/C18H24N4O8/c1-9(18(29)30)20-16(27)12(6-10-2-4-11(23)5-3-10)22-17(28)13(7-15(25)26)21-14(24)8-19/h2-5,9,12-13,23H,6-8,19H2,1H3,(H,20,27)(H,21,24)(H,22,28)(H,25,26)(H,29,30). The summed E-state index contributed by atoms with van der Waals surface area (Å²) in [6.45, 7) is 0.755. The second-order valence-electron chi connectivity index (χ2n) is 6.42. The first-order valence-electron chi connectivity index (χ1n) is 8.86. The van der Waals surface area contributed by atoms with E-state index in [1.165, 1.54) is 31.2 Å². The van der Waals surface area contributed by atoms with Gasteiger partial charge in [-0.15, -0.1) is 0 Å². The maximum atomic E-state index is 12.5. The molecule has 3 atom stereocenters. The number of phenols is 1. The molecule has 12 heteroatoms. The summed E-state index contributed by atoms with van der Waals surface area (Å²) in [6.07, 6.45) is -0.842. The predicted octanol–water partition coefficient (Wildman–Crippen LogP) is -2.07. The molecule has 3 unspecified atom stereocenters. The Morgan fingerprint density at radius 1 is 0.933 bits per heavy atom. The van der Waals surface area contributed by atoms with Crippen molar-refractivity contribution in [1.29, 1.82) is 0 Å². The molecule has 164 valence electrons. The Labute approximate surface area is 171 Å². The molecule has 0 saturated heterocycles. The number of hydrogen-bond acceptors (Lipinski definition) is 7. The van der Waals surface area contributed by atoms with Gasteiger partial charge >= 0.3 is 11.9 Å². The molecule has 12 nitrogen and oxygen atoms in total. The fourth-order valence-corrected chi connectivity index (χ4v) is 2.36. The highest BCUT2D eigenvalue weighted by Crippen LogP contribution is 2.12. The summed E-state index contributed by atoms with van der Waals surface area (Å²) in [5, 5.41) is 34.0.